The molecular formula is C16H20. The average molecular weight is 212 g/mol. The van der Waals surface area contributed by atoms with Crippen molar-refractivity contribution in [2.75, 3.05) is 0 Å². The maximum atomic E-state index is 4.04. The van der Waals surface area contributed by atoms with Gasteiger partial charge in [-0.1, -0.05) is 74.6 Å². The predicted molar refractivity (Wildman–Crippen MR) is 73.2 cm³/mol. The summed E-state index contributed by atoms with van der Waals surface area (Å²) in [7, 11) is 0. The lowest BCUT2D eigenvalue weighted by Crippen LogP contribution is -1.88. The van der Waals surface area contributed by atoms with E-state index in [2.05, 4.69) is 69.8 Å². The molecule has 0 nitrogen and oxygen atoms in total. The summed E-state index contributed by atoms with van der Waals surface area (Å²) in [6.45, 7) is 10.4. The molecule has 0 bridgehead atoms. The van der Waals surface area contributed by atoms with E-state index in [9.17, 15) is 0 Å². The molecule has 0 heteroatoms. The first-order valence-corrected chi connectivity index (χ1v) is 5.73. The summed E-state index contributed by atoms with van der Waals surface area (Å²) >= 11 is 0. The third-order valence-electron chi connectivity index (χ3n) is 2.64. The molecule has 84 valence electrons. The van der Waals surface area contributed by atoms with Crippen molar-refractivity contribution in [3.63, 3.8) is 0 Å². The van der Waals surface area contributed by atoms with Crippen LogP contribution < -0.4 is 0 Å². The normalized spacial score (nSPS) is 12.4. The Kier molecular flexibility index (Phi) is 4.78. The summed E-state index contributed by atoms with van der Waals surface area (Å²) in [6.07, 6.45) is 6.37. The first-order valence-electron chi connectivity index (χ1n) is 5.73. The van der Waals surface area contributed by atoms with Crippen LogP contribution >= 0.6 is 0 Å². The average Bonchev–Trinajstić information content (AvgIpc) is 2.30. The SMILES string of the molecule is C=C(/C=C\C(=C/C)c1ccccc1)C(C)C. The lowest BCUT2D eigenvalue weighted by atomic mass is 10.0. The van der Waals surface area contributed by atoms with Crippen LogP contribution in [0.25, 0.3) is 5.57 Å². The third kappa shape index (κ3) is 3.54. The van der Waals surface area contributed by atoms with Crippen LogP contribution in [-0.2, 0) is 0 Å². The van der Waals surface area contributed by atoms with Crippen LogP contribution in [-0.4, -0.2) is 0 Å². The van der Waals surface area contributed by atoms with Crippen molar-refractivity contribution >= 4 is 5.57 Å². The maximum Gasteiger partial charge on any atom is -0.0187 e. The molecule has 0 N–H and O–H groups in total. The molecule has 0 unspecified atom stereocenters. The molecule has 1 rings (SSSR count). The van der Waals surface area contributed by atoms with E-state index in [1.807, 2.05) is 6.07 Å². The molecule has 1 aromatic carbocycles. The Morgan fingerprint density at radius 3 is 2.25 bits per heavy atom. The Bertz CT molecular complexity index is 391. The van der Waals surface area contributed by atoms with E-state index in [1.54, 1.807) is 0 Å². The highest BCUT2D eigenvalue weighted by atomic mass is 14.0. The van der Waals surface area contributed by atoms with Crippen LogP contribution in [0.4, 0.5) is 0 Å². The zero-order valence-corrected chi connectivity index (χ0v) is 10.4. The van der Waals surface area contributed by atoms with Gasteiger partial charge in [0.15, 0.2) is 0 Å². The van der Waals surface area contributed by atoms with Crippen molar-refractivity contribution in [2.45, 2.75) is 20.8 Å². The summed E-state index contributed by atoms with van der Waals surface area (Å²) in [4.78, 5) is 0. The van der Waals surface area contributed by atoms with Gasteiger partial charge in [0.2, 0.25) is 0 Å². The molecule has 0 aliphatic rings. The van der Waals surface area contributed by atoms with Gasteiger partial charge < -0.3 is 0 Å². The van der Waals surface area contributed by atoms with E-state index in [4.69, 9.17) is 0 Å². The third-order valence-corrected chi connectivity index (χ3v) is 2.64. The Balaban J connectivity index is 2.83. The highest BCUT2D eigenvalue weighted by molar-refractivity contribution is 5.74. The molecular weight excluding hydrogens is 192 g/mol. The first kappa shape index (κ1) is 12.5. The van der Waals surface area contributed by atoms with Gasteiger partial charge in [0.1, 0.15) is 0 Å². The topological polar surface area (TPSA) is 0 Å². The Labute approximate surface area is 99.0 Å². The van der Waals surface area contributed by atoms with E-state index in [-0.39, 0.29) is 0 Å². The molecule has 0 aromatic heterocycles. The van der Waals surface area contributed by atoms with Crippen molar-refractivity contribution in [2.24, 2.45) is 5.92 Å². The van der Waals surface area contributed by atoms with Crippen molar-refractivity contribution in [1.29, 1.82) is 0 Å². The maximum absolute atomic E-state index is 4.04. The number of rotatable bonds is 4. The Morgan fingerprint density at radius 1 is 1.12 bits per heavy atom. The smallest absolute Gasteiger partial charge is 0.0187 e. The standard InChI is InChI=1S/C16H20/c1-5-15(12-11-14(4)13(2)3)16-9-7-6-8-10-16/h5-13H,4H2,1-3H3/b12-11-,15-5+. The molecule has 16 heavy (non-hydrogen) atoms. The van der Waals surface area contributed by atoms with E-state index in [1.165, 1.54) is 11.1 Å². The lowest BCUT2D eigenvalue weighted by Gasteiger charge is -2.05. The highest BCUT2D eigenvalue weighted by Crippen LogP contribution is 2.17. The second-order valence-electron chi connectivity index (χ2n) is 4.17. The molecule has 0 amide bonds. The van der Waals surface area contributed by atoms with Gasteiger partial charge in [0.05, 0.1) is 0 Å². The number of hydrogen-bond acceptors (Lipinski definition) is 0. The van der Waals surface area contributed by atoms with Crippen molar-refractivity contribution in [3.8, 4) is 0 Å². The highest BCUT2D eigenvalue weighted by Gasteiger charge is 1.97. The molecule has 1 aromatic rings. The van der Waals surface area contributed by atoms with Gasteiger partial charge in [-0.3, -0.25) is 0 Å². The summed E-state index contributed by atoms with van der Waals surface area (Å²) in [5.74, 6) is 0.505. The second kappa shape index (κ2) is 6.12. The number of benzene rings is 1. The molecule has 0 aliphatic carbocycles. The van der Waals surface area contributed by atoms with Crippen LogP contribution in [0.3, 0.4) is 0 Å². The minimum Gasteiger partial charge on any atom is -0.0956 e. The Morgan fingerprint density at radius 2 is 1.75 bits per heavy atom. The summed E-state index contributed by atoms with van der Waals surface area (Å²) in [6, 6.07) is 10.4. The van der Waals surface area contributed by atoms with Crippen LogP contribution in [0.2, 0.25) is 0 Å². The Hall–Kier alpha value is -1.56. The molecule has 0 heterocycles. The second-order valence-corrected chi connectivity index (χ2v) is 4.17. The minimum absolute atomic E-state index is 0.505. The van der Waals surface area contributed by atoms with Crippen molar-refractivity contribution < 1.29 is 0 Å². The van der Waals surface area contributed by atoms with Gasteiger partial charge in [0.25, 0.3) is 0 Å². The predicted octanol–water partition coefficient (Wildman–Crippen LogP) is 4.86. The van der Waals surface area contributed by atoms with Gasteiger partial charge in [-0.15, -0.1) is 0 Å². The van der Waals surface area contributed by atoms with Gasteiger partial charge in [-0.2, -0.15) is 0 Å². The molecule has 0 saturated carbocycles. The number of allylic oxidation sites excluding steroid dienone is 5. The van der Waals surface area contributed by atoms with E-state index >= 15 is 0 Å². The first-order chi connectivity index (χ1) is 7.65. The number of hydrogen-bond donors (Lipinski definition) is 0. The van der Waals surface area contributed by atoms with Gasteiger partial charge in [0, 0.05) is 0 Å². The van der Waals surface area contributed by atoms with Gasteiger partial charge in [-0.05, 0) is 24.0 Å². The quantitative estimate of drug-likeness (QED) is 0.625. The fraction of sp³-hybridized carbons (Fsp3) is 0.250. The van der Waals surface area contributed by atoms with Crippen LogP contribution in [0.1, 0.15) is 26.3 Å². The van der Waals surface area contributed by atoms with E-state index < -0.39 is 0 Å². The summed E-state index contributed by atoms with van der Waals surface area (Å²) in [5.41, 5.74) is 3.65. The van der Waals surface area contributed by atoms with Gasteiger partial charge in [-0.25, -0.2) is 0 Å². The zero-order chi connectivity index (χ0) is 12.0. The molecule has 0 atom stereocenters. The zero-order valence-electron chi connectivity index (χ0n) is 10.4. The van der Waals surface area contributed by atoms with Crippen LogP contribution in [0.5, 0.6) is 0 Å². The van der Waals surface area contributed by atoms with Crippen LogP contribution in [0.15, 0.2) is 60.7 Å². The minimum atomic E-state index is 0.505. The lowest BCUT2D eigenvalue weighted by molar-refractivity contribution is 0.795. The molecule has 0 saturated heterocycles. The fourth-order valence-electron chi connectivity index (χ4n) is 1.38. The largest absolute Gasteiger partial charge is 0.0956 e. The molecule has 0 radical (unpaired) electrons. The van der Waals surface area contributed by atoms with Crippen LogP contribution in [0, 0.1) is 5.92 Å². The fourth-order valence-corrected chi connectivity index (χ4v) is 1.38. The summed E-state index contributed by atoms with van der Waals surface area (Å²) in [5, 5.41) is 0. The summed E-state index contributed by atoms with van der Waals surface area (Å²) < 4.78 is 0. The monoisotopic (exact) mass is 212 g/mol. The molecule has 0 aliphatic heterocycles. The van der Waals surface area contributed by atoms with Gasteiger partial charge >= 0.3 is 0 Å². The van der Waals surface area contributed by atoms with Crippen molar-refractivity contribution in [1.82, 2.24) is 0 Å². The molecule has 0 fully saturated rings. The van der Waals surface area contributed by atoms with Crippen molar-refractivity contribution in [3.05, 3.63) is 66.3 Å². The van der Waals surface area contributed by atoms with E-state index in [0.29, 0.717) is 5.92 Å². The molecule has 0 spiro atoms. The van der Waals surface area contributed by atoms with E-state index in [0.717, 1.165) is 5.57 Å².